The summed E-state index contributed by atoms with van der Waals surface area (Å²) in [5.41, 5.74) is 3.64. The van der Waals surface area contributed by atoms with Gasteiger partial charge in [-0.3, -0.25) is 4.79 Å². The molecule has 0 aliphatic rings. The number of carbonyl (C=O) groups excluding carboxylic acids is 1. The molecule has 130 valence electrons. The lowest BCUT2D eigenvalue weighted by molar-refractivity contribution is 0.0995. The van der Waals surface area contributed by atoms with Gasteiger partial charge in [-0.25, -0.2) is 4.98 Å². The van der Waals surface area contributed by atoms with E-state index in [-0.39, 0.29) is 11.7 Å². The minimum atomic E-state index is -0.333. The van der Waals surface area contributed by atoms with Crippen molar-refractivity contribution in [2.75, 3.05) is 5.32 Å². The van der Waals surface area contributed by atoms with E-state index in [9.17, 15) is 4.79 Å². The van der Waals surface area contributed by atoms with E-state index in [1.165, 1.54) is 0 Å². The van der Waals surface area contributed by atoms with Crippen molar-refractivity contribution in [1.29, 1.82) is 0 Å². The van der Waals surface area contributed by atoms with Crippen molar-refractivity contribution in [1.82, 2.24) is 4.98 Å². The molecular weight excluding hydrogens is 420 g/mol. The molecule has 2 aromatic carbocycles. The average molecular weight is 432 g/mol. The van der Waals surface area contributed by atoms with Crippen molar-refractivity contribution in [2.45, 2.75) is 6.92 Å². The van der Waals surface area contributed by atoms with Crippen LogP contribution in [0, 0.1) is 6.92 Å². The molecule has 0 aliphatic carbocycles. The molecule has 0 aliphatic heterocycles. The third kappa shape index (κ3) is 3.25. The van der Waals surface area contributed by atoms with E-state index in [0.717, 1.165) is 11.1 Å². The van der Waals surface area contributed by atoms with Crippen LogP contribution in [0.3, 0.4) is 0 Å². The second-order valence-corrected chi connectivity index (χ2v) is 6.94. The molecule has 1 amide bonds. The first kappa shape index (κ1) is 16.9. The van der Waals surface area contributed by atoms with Crippen LogP contribution in [0.2, 0.25) is 5.02 Å². The lowest BCUT2D eigenvalue weighted by Crippen LogP contribution is -2.11. The highest BCUT2D eigenvalue weighted by Crippen LogP contribution is 2.29. The molecule has 0 bridgehead atoms. The van der Waals surface area contributed by atoms with Crippen LogP contribution in [0.4, 0.5) is 5.69 Å². The molecule has 0 saturated carbocycles. The summed E-state index contributed by atoms with van der Waals surface area (Å²) in [5.74, 6) is 0.344. The van der Waals surface area contributed by atoms with Gasteiger partial charge in [0.05, 0.1) is 0 Å². The summed E-state index contributed by atoms with van der Waals surface area (Å²) in [4.78, 5) is 16.8. The van der Waals surface area contributed by atoms with Gasteiger partial charge in [0, 0.05) is 16.3 Å². The highest BCUT2D eigenvalue weighted by Gasteiger charge is 2.14. The summed E-state index contributed by atoms with van der Waals surface area (Å²) in [7, 11) is 0. The fourth-order valence-corrected chi connectivity index (χ4v) is 3.01. The Kier molecular flexibility index (Phi) is 4.30. The second kappa shape index (κ2) is 6.63. The van der Waals surface area contributed by atoms with Crippen LogP contribution in [0.25, 0.3) is 22.6 Å². The Morgan fingerprint density at radius 2 is 1.96 bits per heavy atom. The van der Waals surface area contributed by atoms with Crippen LogP contribution in [0.1, 0.15) is 16.1 Å². The standard InChI is InChI=1S/C19H12BrClN2O3/c1-10-2-3-11(19-23-14-9-12(21)4-5-15(14)26-19)8-13(10)22-18(24)16-6-7-17(20)25-16/h2-9H,1H3,(H,22,24). The summed E-state index contributed by atoms with van der Waals surface area (Å²) < 4.78 is 11.6. The number of hydrogen-bond acceptors (Lipinski definition) is 4. The molecule has 2 aromatic heterocycles. The molecule has 4 aromatic rings. The fraction of sp³-hybridized carbons (Fsp3) is 0.0526. The number of nitrogens with zero attached hydrogens (tertiary/aromatic N) is 1. The normalized spacial score (nSPS) is 11.0. The summed E-state index contributed by atoms with van der Waals surface area (Å²) >= 11 is 9.18. The average Bonchev–Trinajstić information content (AvgIpc) is 3.22. The van der Waals surface area contributed by atoms with E-state index in [0.29, 0.717) is 32.4 Å². The number of rotatable bonds is 3. The molecule has 1 N–H and O–H groups in total. The zero-order chi connectivity index (χ0) is 18.3. The highest BCUT2D eigenvalue weighted by molar-refractivity contribution is 9.10. The van der Waals surface area contributed by atoms with Gasteiger partial charge in [-0.1, -0.05) is 17.7 Å². The Morgan fingerprint density at radius 3 is 2.73 bits per heavy atom. The number of amides is 1. The van der Waals surface area contributed by atoms with Gasteiger partial charge in [0.2, 0.25) is 5.89 Å². The Morgan fingerprint density at radius 1 is 1.12 bits per heavy atom. The molecule has 0 radical (unpaired) electrons. The first-order valence-electron chi connectivity index (χ1n) is 7.73. The highest BCUT2D eigenvalue weighted by atomic mass is 79.9. The van der Waals surface area contributed by atoms with E-state index in [2.05, 4.69) is 26.2 Å². The van der Waals surface area contributed by atoms with Crippen molar-refractivity contribution < 1.29 is 13.6 Å². The largest absolute Gasteiger partial charge is 0.444 e. The third-order valence-electron chi connectivity index (χ3n) is 3.88. The number of aromatic nitrogens is 1. The predicted molar refractivity (Wildman–Crippen MR) is 104 cm³/mol. The van der Waals surface area contributed by atoms with E-state index in [1.54, 1.807) is 30.3 Å². The number of aryl methyl sites for hydroxylation is 1. The molecule has 4 rings (SSSR count). The number of oxazole rings is 1. The van der Waals surface area contributed by atoms with Gasteiger partial charge >= 0.3 is 0 Å². The molecule has 7 heteroatoms. The minimum Gasteiger partial charge on any atom is -0.444 e. The zero-order valence-corrected chi connectivity index (χ0v) is 15.9. The quantitative estimate of drug-likeness (QED) is 0.428. The SMILES string of the molecule is Cc1ccc(-c2nc3cc(Cl)ccc3o2)cc1NC(=O)c1ccc(Br)o1. The number of halogens is 2. The van der Waals surface area contributed by atoms with Crippen LogP contribution < -0.4 is 5.32 Å². The molecule has 2 heterocycles. The lowest BCUT2D eigenvalue weighted by atomic mass is 10.1. The number of fused-ring (bicyclic) bond motifs is 1. The fourth-order valence-electron chi connectivity index (χ4n) is 2.53. The Balaban J connectivity index is 1.67. The van der Waals surface area contributed by atoms with Crippen LogP contribution in [0.5, 0.6) is 0 Å². The van der Waals surface area contributed by atoms with Gasteiger partial charge in [0.25, 0.3) is 5.91 Å². The monoisotopic (exact) mass is 430 g/mol. The Labute approximate surface area is 162 Å². The minimum absolute atomic E-state index is 0.221. The van der Waals surface area contributed by atoms with Crippen LogP contribution >= 0.6 is 27.5 Å². The molecular formula is C19H12BrClN2O3. The second-order valence-electron chi connectivity index (χ2n) is 5.72. The van der Waals surface area contributed by atoms with E-state index >= 15 is 0 Å². The van der Waals surface area contributed by atoms with Crippen LogP contribution in [-0.2, 0) is 0 Å². The maximum Gasteiger partial charge on any atom is 0.291 e. The summed E-state index contributed by atoms with van der Waals surface area (Å²) in [5, 5.41) is 3.44. The lowest BCUT2D eigenvalue weighted by Gasteiger charge is -2.08. The van der Waals surface area contributed by atoms with E-state index < -0.39 is 0 Å². The van der Waals surface area contributed by atoms with Crippen LogP contribution in [0.15, 0.2) is 62.0 Å². The number of anilines is 1. The first-order valence-corrected chi connectivity index (χ1v) is 8.90. The van der Waals surface area contributed by atoms with Crippen molar-refractivity contribution >= 4 is 50.2 Å². The van der Waals surface area contributed by atoms with Crippen molar-refractivity contribution in [3.63, 3.8) is 0 Å². The first-order chi connectivity index (χ1) is 12.5. The number of carbonyl (C=O) groups is 1. The summed E-state index contributed by atoms with van der Waals surface area (Å²) in [6, 6.07) is 14.1. The molecule has 0 atom stereocenters. The Bertz CT molecular complexity index is 1130. The van der Waals surface area contributed by atoms with Gasteiger partial charge < -0.3 is 14.2 Å². The molecule has 0 saturated heterocycles. The topological polar surface area (TPSA) is 68.3 Å². The van der Waals surface area contributed by atoms with Gasteiger partial charge in [-0.05, 0) is 70.9 Å². The number of nitrogens with one attached hydrogen (secondary N) is 1. The third-order valence-corrected chi connectivity index (χ3v) is 4.54. The zero-order valence-electron chi connectivity index (χ0n) is 13.5. The smallest absolute Gasteiger partial charge is 0.291 e. The molecule has 5 nitrogen and oxygen atoms in total. The predicted octanol–water partition coefficient (Wildman–Crippen LogP) is 6.06. The van der Waals surface area contributed by atoms with Crippen molar-refractivity contribution in [3.05, 3.63) is 69.5 Å². The van der Waals surface area contributed by atoms with Crippen molar-refractivity contribution in [3.8, 4) is 11.5 Å². The van der Waals surface area contributed by atoms with Gasteiger partial charge in [0.15, 0.2) is 16.0 Å². The molecule has 0 unspecified atom stereocenters. The number of furan rings is 1. The Hall–Kier alpha value is -2.57. The van der Waals surface area contributed by atoms with Crippen molar-refractivity contribution in [2.24, 2.45) is 0 Å². The van der Waals surface area contributed by atoms with E-state index in [4.69, 9.17) is 20.4 Å². The van der Waals surface area contributed by atoms with Crippen LogP contribution in [-0.4, -0.2) is 10.9 Å². The maximum absolute atomic E-state index is 12.3. The van der Waals surface area contributed by atoms with Gasteiger partial charge in [0.1, 0.15) is 5.52 Å². The maximum atomic E-state index is 12.3. The number of hydrogen-bond donors (Lipinski definition) is 1. The van der Waals surface area contributed by atoms with E-state index in [1.807, 2.05) is 25.1 Å². The molecule has 0 spiro atoms. The molecule has 26 heavy (non-hydrogen) atoms. The summed E-state index contributed by atoms with van der Waals surface area (Å²) in [6.45, 7) is 1.91. The number of benzene rings is 2. The summed E-state index contributed by atoms with van der Waals surface area (Å²) in [6.07, 6.45) is 0. The molecule has 0 fully saturated rings. The van der Waals surface area contributed by atoms with Gasteiger partial charge in [-0.2, -0.15) is 0 Å². The van der Waals surface area contributed by atoms with Gasteiger partial charge in [-0.15, -0.1) is 0 Å².